The van der Waals surface area contributed by atoms with E-state index in [9.17, 15) is 9.90 Å². The first-order chi connectivity index (χ1) is 15.7. The Morgan fingerprint density at radius 2 is 2.03 bits per heavy atom. The van der Waals surface area contributed by atoms with E-state index in [1.165, 1.54) is 0 Å². The van der Waals surface area contributed by atoms with Crippen molar-refractivity contribution >= 4 is 11.9 Å². The fraction of sp³-hybridized carbons (Fsp3) is 0.652. The van der Waals surface area contributed by atoms with Crippen LogP contribution in [0.2, 0.25) is 0 Å². The molecule has 9 nitrogen and oxygen atoms in total. The molecule has 2 aromatic heterocycles. The highest BCUT2D eigenvalue weighted by Gasteiger charge is 2.35. The third kappa shape index (κ3) is 4.36. The molecule has 2 aromatic rings. The maximum atomic E-state index is 13.1. The van der Waals surface area contributed by atoms with E-state index in [-0.39, 0.29) is 24.7 Å². The van der Waals surface area contributed by atoms with Crippen LogP contribution in [-0.2, 0) is 16.1 Å². The number of carbonyl (C=O) groups is 1. The summed E-state index contributed by atoms with van der Waals surface area (Å²) in [5.74, 6) is 0.890. The van der Waals surface area contributed by atoms with Gasteiger partial charge in [-0.25, -0.2) is 9.97 Å². The van der Waals surface area contributed by atoms with E-state index in [0.717, 1.165) is 87.7 Å². The summed E-state index contributed by atoms with van der Waals surface area (Å²) in [7, 11) is 0. The van der Waals surface area contributed by atoms with Gasteiger partial charge in [-0.1, -0.05) is 0 Å². The highest BCUT2D eigenvalue weighted by molar-refractivity contribution is 5.78. The molecule has 0 unspecified atom stereocenters. The van der Waals surface area contributed by atoms with Gasteiger partial charge in [-0.15, -0.1) is 0 Å². The summed E-state index contributed by atoms with van der Waals surface area (Å²) in [6, 6.07) is 1.83. The Morgan fingerprint density at radius 1 is 1.16 bits per heavy atom. The zero-order valence-corrected chi connectivity index (χ0v) is 18.5. The highest BCUT2D eigenvalue weighted by Crippen LogP contribution is 2.37. The highest BCUT2D eigenvalue weighted by atomic mass is 16.5. The number of aliphatic hydroxyl groups is 1. The third-order valence-electron chi connectivity index (χ3n) is 6.74. The monoisotopic (exact) mass is 440 g/mol. The van der Waals surface area contributed by atoms with Crippen LogP contribution in [0.25, 0.3) is 11.3 Å². The van der Waals surface area contributed by atoms with Gasteiger partial charge in [-0.2, -0.15) is 5.10 Å². The van der Waals surface area contributed by atoms with Crippen LogP contribution in [0.1, 0.15) is 56.7 Å². The number of amides is 1. The summed E-state index contributed by atoms with van der Waals surface area (Å²) >= 11 is 0. The molecule has 172 valence electrons. The average molecular weight is 441 g/mol. The first-order valence-corrected chi connectivity index (χ1v) is 11.9. The van der Waals surface area contributed by atoms with Gasteiger partial charge in [-0.05, 0) is 44.6 Å². The lowest BCUT2D eigenvalue weighted by atomic mass is 10.0. The van der Waals surface area contributed by atoms with Gasteiger partial charge >= 0.3 is 0 Å². The van der Waals surface area contributed by atoms with Gasteiger partial charge in [0.15, 0.2) is 0 Å². The second-order valence-corrected chi connectivity index (χ2v) is 8.94. The molecule has 3 aliphatic rings. The number of likely N-dealkylation sites (tertiary alicyclic amines) is 1. The molecule has 1 amide bonds. The molecule has 3 fully saturated rings. The lowest BCUT2D eigenvalue weighted by Gasteiger charge is -2.25. The quantitative estimate of drug-likeness (QED) is 0.705. The Hall–Kier alpha value is -2.52. The summed E-state index contributed by atoms with van der Waals surface area (Å²) in [5, 5.41) is 14.3. The maximum absolute atomic E-state index is 13.1. The molecule has 32 heavy (non-hydrogen) atoms. The van der Waals surface area contributed by atoms with Crippen molar-refractivity contribution in [1.29, 1.82) is 0 Å². The van der Waals surface area contributed by atoms with Gasteiger partial charge < -0.3 is 19.6 Å². The number of ether oxygens (including phenoxy) is 1. The number of nitrogens with zero attached hydrogens (tertiary/aromatic N) is 6. The number of carbonyl (C=O) groups excluding carboxylic acids is 1. The minimum atomic E-state index is -0.0796. The summed E-state index contributed by atoms with van der Waals surface area (Å²) in [6.07, 6.45) is 10.4. The van der Waals surface area contributed by atoms with Gasteiger partial charge in [0, 0.05) is 44.2 Å². The molecule has 0 saturated carbocycles. The molecular formula is C23H32N6O3. The number of hydrogen-bond acceptors (Lipinski definition) is 7. The fourth-order valence-electron chi connectivity index (χ4n) is 5.13. The van der Waals surface area contributed by atoms with Crippen molar-refractivity contribution in [1.82, 2.24) is 24.6 Å². The van der Waals surface area contributed by atoms with Gasteiger partial charge in [0.05, 0.1) is 43.1 Å². The van der Waals surface area contributed by atoms with Crippen LogP contribution in [0.5, 0.6) is 0 Å². The maximum Gasteiger partial charge on any atom is 0.225 e. The van der Waals surface area contributed by atoms with Gasteiger partial charge in [-0.3, -0.25) is 9.48 Å². The van der Waals surface area contributed by atoms with Crippen molar-refractivity contribution < 1.29 is 14.6 Å². The van der Waals surface area contributed by atoms with Gasteiger partial charge in [0.25, 0.3) is 0 Å². The first-order valence-electron chi connectivity index (χ1n) is 11.9. The number of rotatable bonds is 7. The predicted octanol–water partition coefficient (Wildman–Crippen LogP) is 2.17. The first kappa shape index (κ1) is 21.3. The second-order valence-electron chi connectivity index (χ2n) is 8.94. The molecule has 0 bridgehead atoms. The Labute approximate surface area is 188 Å². The van der Waals surface area contributed by atoms with Crippen molar-refractivity contribution in [2.45, 2.75) is 63.6 Å². The zero-order valence-electron chi connectivity index (χ0n) is 18.5. The summed E-state index contributed by atoms with van der Waals surface area (Å²) in [5.41, 5.74) is 2.60. The standard InChI is InChI=1S/C23H32N6O3/c30-13-12-28-16-18(19-7-8-24-23(25-19)27-9-1-2-10-27)22(26-28)20-6-3-11-29(20)21(31)15-17-5-4-14-32-17/h7-8,16-17,20,30H,1-6,9-15H2/t17-,20+/m0/s1. The largest absolute Gasteiger partial charge is 0.394 e. The van der Waals surface area contributed by atoms with E-state index in [4.69, 9.17) is 14.8 Å². The van der Waals surface area contributed by atoms with E-state index < -0.39 is 0 Å². The second kappa shape index (κ2) is 9.54. The molecule has 0 radical (unpaired) electrons. The van der Waals surface area contributed by atoms with Gasteiger partial charge in [0.2, 0.25) is 11.9 Å². The van der Waals surface area contributed by atoms with Crippen LogP contribution in [0.4, 0.5) is 5.95 Å². The number of aliphatic hydroxyl groups excluding tert-OH is 1. The molecular weight excluding hydrogens is 408 g/mol. The molecule has 3 aliphatic heterocycles. The Balaban J connectivity index is 1.44. The van der Waals surface area contributed by atoms with Crippen molar-refractivity contribution in [3.8, 4) is 11.3 Å². The van der Waals surface area contributed by atoms with Crippen LogP contribution in [-0.4, -0.2) is 74.6 Å². The molecule has 2 atom stereocenters. The van der Waals surface area contributed by atoms with Crippen LogP contribution < -0.4 is 4.90 Å². The molecule has 0 aliphatic carbocycles. The van der Waals surface area contributed by atoms with Crippen molar-refractivity contribution in [2.24, 2.45) is 0 Å². The van der Waals surface area contributed by atoms with E-state index in [2.05, 4.69) is 9.88 Å². The average Bonchev–Trinajstić information content (AvgIpc) is 3.61. The van der Waals surface area contributed by atoms with E-state index >= 15 is 0 Å². The fourth-order valence-corrected chi connectivity index (χ4v) is 5.13. The summed E-state index contributed by atoms with van der Waals surface area (Å²) in [4.78, 5) is 26.7. The van der Waals surface area contributed by atoms with E-state index in [1.54, 1.807) is 10.9 Å². The molecule has 9 heteroatoms. The SMILES string of the molecule is O=C(C[C@@H]1CCCO1)N1CCC[C@@H]1c1nn(CCO)cc1-c1ccnc(N2CCCC2)n1. The predicted molar refractivity (Wildman–Crippen MR) is 119 cm³/mol. The van der Waals surface area contributed by atoms with E-state index in [1.807, 2.05) is 17.2 Å². The molecule has 1 N–H and O–H groups in total. The zero-order chi connectivity index (χ0) is 21.9. The molecule has 0 spiro atoms. The van der Waals surface area contributed by atoms with Crippen LogP contribution in [0.15, 0.2) is 18.5 Å². The van der Waals surface area contributed by atoms with Gasteiger partial charge in [0.1, 0.15) is 0 Å². The van der Waals surface area contributed by atoms with E-state index in [0.29, 0.717) is 13.0 Å². The van der Waals surface area contributed by atoms with Crippen LogP contribution in [0.3, 0.4) is 0 Å². The molecule has 3 saturated heterocycles. The minimum absolute atomic E-state index is 0.00962. The van der Waals surface area contributed by atoms with Crippen LogP contribution in [0, 0.1) is 0 Å². The Kier molecular flexibility index (Phi) is 6.36. The lowest BCUT2D eigenvalue weighted by molar-refractivity contribution is -0.134. The van der Waals surface area contributed by atoms with Crippen LogP contribution >= 0.6 is 0 Å². The third-order valence-corrected chi connectivity index (χ3v) is 6.74. The number of hydrogen-bond donors (Lipinski definition) is 1. The minimum Gasteiger partial charge on any atom is -0.394 e. The summed E-state index contributed by atoms with van der Waals surface area (Å²) in [6.45, 7) is 3.88. The smallest absolute Gasteiger partial charge is 0.225 e. The van der Waals surface area contributed by atoms with Crippen molar-refractivity contribution in [3.05, 3.63) is 24.2 Å². The molecule has 0 aromatic carbocycles. The molecule has 5 heterocycles. The van der Waals surface area contributed by atoms with Crippen molar-refractivity contribution in [2.75, 3.05) is 37.7 Å². The topological polar surface area (TPSA) is 96.6 Å². The Morgan fingerprint density at radius 3 is 2.81 bits per heavy atom. The lowest BCUT2D eigenvalue weighted by Crippen LogP contribution is -2.33. The Bertz CT molecular complexity index is 936. The molecule has 5 rings (SSSR count). The normalized spacial score (nSPS) is 23.4. The van der Waals surface area contributed by atoms with Crippen molar-refractivity contribution in [3.63, 3.8) is 0 Å². The number of aromatic nitrogens is 4. The summed E-state index contributed by atoms with van der Waals surface area (Å²) < 4.78 is 7.47. The number of anilines is 1.